The summed E-state index contributed by atoms with van der Waals surface area (Å²) < 4.78 is 5.29. The maximum atomic E-state index is 12.7. The molecule has 1 aromatic rings. The van der Waals surface area contributed by atoms with Gasteiger partial charge in [-0.15, -0.1) is 0 Å². The van der Waals surface area contributed by atoms with Crippen LogP contribution < -0.4 is 27.4 Å². The Labute approximate surface area is 217 Å². The Hall–Kier alpha value is -2.65. The lowest BCUT2D eigenvalue weighted by Crippen LogP contribution is -2.33. The number of benzene rings is 1. The van der Waals surface area contributed by atoms with Gasteiger partial charge in [0.2, 0.25) is 5.91 Å². The number of rotatable bonds is 14. The molecule has 0 aliphatic rings. The van der Waals surface area contributed by atoms with E-state index in [0.29, 0.717) is 43.7 Å². The number of hydrogen-bond donors (Lipinski definition) is 5. The number of carbonyl (C=O) groups excluding carboxylic acids is 3. The lowest BCUT2D eigenvalue weighted by molar-refractivity contribution is -0.121. The number of ether oxygens (including phenoxy) is 1. The van der Waals surface area contributed by atoms with Crippen LogP contribution in [-0.4, -0.2) is 43.1 Å². The minimum Gasteiger partial charge on any atom is -0.444 e. The zero-order valence-corrected chi connectivity index (χ0v) is 23.0. The lowest BCUT2D eigenvalue weighted by atomic mass is 10.0. The fourth-order valence-corrected chi connectivity index (χ4v) is 3.07. The summed E-state index contributed by atoms with van der Waals surface area (Å²) in [6, 6.07) is 5.35. The van der Waals surface area contributed by atoms with E-state index in [2.05, 4.69) is 29.8 Å². The van der Waals surface area contributed by atoms with Gasteiger partial charge >= 0.3 is 6.09 Å². The zero-order valence-electron chi connectivity index (χ0n) is 23.0. The summed E-state index contributed by atoms with van der Waals surface area (Å²) in [6.07, 6.45) is 5.40. The van der Waals surface area contributed by atoms with E-state index in [1.54, 1.807) is 32.9 Å². The first-order chi connectivity index (χ1) is 17.1. The van der Waals surface area contributed by atoms with Gasteiger partial charge in [-0.05, 0) is 76.7 Å². The van der Waals surface area contributed by atoms with Crippen LogP contribution in [0.3, 0.4) is 0 Å². The van der Waals surface area contributed by atoms with E-state index in [4.69, 9.17) is 16.2 Å². The van der Waals surface area contributed by atoms with Crippen molar-refractivity contribution in [1.82, 2.24) is 16.0 Å². The van der Waals surface area contributed by atoms with E-state index >= 15 is 0 Å². The molecule has 0 saturated heterocycles. The van der Waals surface area contributed by atoms with Gasteiger partial charge in [0.1, 0.15) is 5.60 Å². The Morgan fingerprint density at radius 1 is 0.861 bits per heavy atom. The maximum Gasteiger partial charge on any atom is 0.407 e. The third kappa shape index (κ3) is 16.9. The predicted octanol–water partition coefficient (Wildman–Crippen LogP) is 3.73. The fourth-order valence-electron chi connectivity index (χ4n) is 3.07. The van der Waals surface area contributed by atoms with Crippen LogP contribution in [0.25, 0.3) is 0 Å². The van der Waals surface area contributed by atoms with Gasteiger partial charge in [-0.2, -0.15) is 0 Å². The lowest BCUT2D eigenvalue weighted by Gasteiger charge is -2.20. The summed E-state index contributed by atoms with van der Waals surface area (Å²) in [5.74, 6) is -0.253. The second-order valence-electron chi connectivity index (χ2n) is 9.68. The topological polar surface area (TPSA) is 149 Å². The van der Waals surface area contributed by atoms with Gasteiger partial charge < -0.3 is 32.2 Å². The highest BCUT2D eigenvalue weighted by Gasteiger charge is 2.18. The summed E-state index contributed by atoms with van der Waals surface area (Å²) >= 11 is 0. The van der Waals surface area contributed by atoms with Crippen LogP contribution in [0.1, 0.15) is 101 Å². The molecule has 0 bridgehead atoms. The molecule has 0 radical (unpaired) electrons. The van der Waals surface area contributed by atoms with Gasteiger partial charge in [0, 0.05) is 31.6 Å². The molecule has 1 rings (SSSR count). The molecular weight excluding hydrogens is 458 g/mol. The molecule has 36 heavy (non-hydrogen) atoms. The fraction of sp³-hybridized carbons (Fsp3) is 0.667. The van der Waals surface area contributed by atoms with Crippen molar-refractivity contribution in [2.75, 3.05) is 19.6 Å². The van der Waals surface area contributed by atoms with E-state index in [-0.39, 0.29) is 18.4 Å². The van der Waals surface area contributed by atoms with Gasteiger partial charge in [-0.1, -0.05) is 38.8 Å². The molecule has 0 fully saturated rings. The van der Waals surface area contributed by atoms with E-state index in [0.717, 1.165) is 37.7 Å². The Morgan fingerprint density at radius 3 is 2.11 bits per heavy atom. The molecule has 0 aromatic heterocycles. The minimum atomic E-state index is -0.621. The van der Waals surface area contributed by atoms with Crippen molar-refractivity contribution < 1.29 is 19.1 Å². The molecule has 0 unspecified atom stereocenters. The molecule has 0 atom stereocenters. The normalized spacial score (nSPS) is 10.6. The number of amides is 3. The largest absolute Gasteiger partial charge is 0.444 e. The molecular formula is C27H49N5O4. The van der Waals surface area contributed by atoms with Crippen molar-refractivity contribution >= 4 is 17.9 Å². The van der Waals surface area contributed by atoms with Crippen LogP contribution in [0, 0.1) is 0 Å². The molecule has 0 heterocycles. The van der Waals surface area contributed by atoms with Crippen LogP contribution in [0.5, 0.6) is 0 Å². The van der Waals surface area contributed by atoms with Crippen molar-refractivity contribution in [3.8, 4) is 0 Å². The number of unbranched alkanes of at least 4 members (excludes halogenated alkanes) is 3. The number of carbonyl (C=O) groups is 3. The van der Waals surface area contributed by atoms with E-state index < -0.39 is 11.7 Å². The minimum absolute atomic E-state index is 0.0452. The molecule has 1 aromatic carbocycles. The van der Waals surface area contributed by atoms with Crippen molar-refractivity contribution in [2.24, 2.45) is 11.5 Å². The highest BCUT2D eigenvalue weighted by atomic mass is 16.6. The summed E-state index contributed by atoms with van der Waals surface area (Å²) in [5, 5.41) is 8.51. The van der Waals surface area contributed by atoms with E-state index in [1.165, 1.54) is 6.42 Å². The van der Waals surface area contributed by atoms with Crippen molar-refractivity contribution in [3.63, 3.8) is 0 Å². The first-order valence-corrected chi connectivity index (χ1v) is 13.1. The van der Waals surface area contributed by atoms with Gasteiger partial charge in [-0.25, -0.2) is 4.79 Å². The van der Waals surface area contributed by atoms with Crippen molar-refractivity contribution in [2.45, 2.75) is 98.3 Å². The zero-order chi connectivity index (χ0) is 27.4. The summed E-state index contributed by atoms with van der Waals surface area (Å²) in [5.41, 5.74) is 12.3. The quantitative estimate of drug-likeness (QED) is 0.242. The summed E-state index contributed by atoms with van der Waals surface area (Å²) in [6.45, 7) is 11.8. The van der Waals surface area contributed by atoms with Gasteiger partial charge in [-0.3, -0.25) is 9.59 Å². The smallest absolute Gasteiger partial charge is 0.407 e. The van der Waals surface area contributed by atoms with Gasteiger partial charge in [0.25, 0.3) is 5.91 Å². The SMILES string of the molecule is CC(C)(C)OC(=O)NCc1cc(CNC(=O)CCCCN)ccc1C(=O)NCCCCCN.CCC. The van der Waals surface area contributed by atoms with Gasteiger partial charge in [0.15, 0.2) is 0 Å². The molecule has 206 valence electrons. The van der Waals surface area contributed by atoms with Crippen LogP contribution in [0.2, 0.25) is 0 Å². The Morgan fingerprint density at radius 2 is 1.50 bits per heavy atom. The molecule has 7 N–H and O–H groups in total. The molecule has 9 heteroatoms. The third-order valence-corrected chi connectivity index (χ3v) is 4.75. The second kappa shape index (κ2) is 19.5. The summed E-state index contributed by atoms with van der Waals surface area (Å²) in [7, 11) is 0. The molecule has 9 nitrogen and oxygen atoms in total. The number of alkyl carbamates (subject to hydrolysis) is 1. The third-order valence-electron chi connectivity index (χ3n) is 4.75. The molecule has 3 amide bonds. The average molecular weight is 508 g/mol. The Kier molecular flexibility index (Phi) is 18.1. The number of hydrogen-bond acceptors (Lipinski definition) is 6. The molecule has 0 saturated carbocycles. The Balaban J connectivity index is 0.00000387. The van der Waals surface area contributed by atoms with E-state index in [9.17, 15) is 14.4 Å². The number of nitrogens with two attached hydrogens (primary N) is 2. The van der Waals surface area contributed by atoms with Crippen LogP contribution in [0.15, 0.2) is 18.2 Å². The monoisotopic (exact) mass is 507 g/mol. The standard InChI is InChI=1S/C24H41N5O4.C3H8/c1-24(2,3)33-23(32)29-17-19-15-18(16-28-21(30)9-5-7-13-26)10-11-20(19)22(31)27-14-8-4-6-12-25;1-3-2/h10-11,15H,4-9,12-14,16-17,25-26H2,1-3H3,(H,27,31)(H,28,30)(H,29,32);3H2,1-2H3. The van der Waals surface area contributed by atoms with Crippen LogP contribution in [0.4, 0.5) is 4.79 Å². The first-order valence-electron chi connectivity index (χ1n) is 13.1. The highest BCUT2D eigenvalue weighted by molar-refractivity contribution is 5.95. The number of nitrogens with one attached hydrogen (secondary N) is 3. The molecule has 0 aliphatic heterocycles. The van der Waals surface area contributed by atoms with Crippen molar-refractivity contribution in [3.05, 3.63) is 34.9 Å². The second-order valence-corrected chi connectivity index (χ2v) is 9.68. The highest BCUT2D eigenvalue weighted by Crippen LogP contribution is 2.14. The van der Waals surface area contributed by atoms with Crippen LogP contribution in [-0.2, 0) is 22.6 Å². The molecule has 0 spiro atoms. The molecule has 0 aliphatic carbocycles. The maximum absolute atomic E-state index is 12.7. The van der Waals surface area contributed by atoms with Gasteiger partial charge in [0.05, 0.1) is 0 Å². The first kappa shape index (κ1) is 33.4. The van der Waals surface area contributed by atoms with E-state index in [1.807, 2.05) is 6.07 Å². The predicted molar refractivity (Wildman–Crippen MR) is 145 cm³/mol. The Bertz CT molecular complexity index is 778. The van der Waals surface area contributed by atoms with Crippen molar-refractivity contribution in [1.29, 1.82) is 0 Å². The summed E-state index contributed by atoms with van der Waals surface area (Å²) in [4.78, 5) is 36.8. The average Bonchev–Trinajstić information content (AvgIpc) is 2.81. The van der Waals surface area contributed by atoms with Crippen LogP contribution >= 0.6 is 0 Å².